The molecule has 0 amide bonds. The summed E-state index contributed by atoms with van der Waals surface area (Å²) in [6.07, 6.45) is 4.06. The van der Waals surface area contributed by atoms with E-state index < -0.39 is 0 Å². The first-order chi connectivity index (χ1) is 9.25. The maximum Gasteiger partial charge on any atom is 0.122 e. The van der Waals surface area contributed by atoms with Gasteiger partial charge >= 0.3 is 0 Å². The topological polar surface area (TPSA) is 61.9 Å². The number of amidine groups is 1. The third kappa shape index (κ3) is 4.00. The van der Waals surface area contributed by atoms with Crippen LogP contribution in [-0.2, 0) is 0 Å². The van der Waals surface area contributed by atoms with E-state index in [9.17, 15) is 0 Å². The lowest BCUT2D eigenvalue weighted by Crippen LogP contribution is -2.10. The Hall–Kier alpha value is -2.55. The number of anilines is 1. The Kier molecular flexibility index (Phi) is 4.34. The third-order valence-corrected chi connectivity index (χ3v) is 2.71. The second-order valence-electron chi connectivity index (χ2n) is 4.19. The molecule has 2 rings (SSSR count). The number of rotatable bonds is 5. The van der Waals surface area contributed by atoms with Crippen LogP contribution in [0, 0.1) is 5.41 Å². The summed E-state index contributed by atoms with van der Waals surface area (Å²) in [4.78, 5) is 0. The highest BCUT2D eigenvalue weighted by molar-refractivity contribution is 5.95. The van der Waals surface area contributed by atoms with Crippen LogP contribution < -0.4 is 11.1 Å². The van der Waals surface area contributed by atoms with Gasteiger partial charge in [0, 0.05) is 17.8 Å². The van der Waals surface area contributed by atoms with Crippen LogP contribution in [0.1, 0.15) is 11.1 Å². The first kappa shape index (κ1) is 12.9. The number of hydrogen-bond donors (Lipinski definition) is 3. The van der Waals surface area contributed by atoms with Crippen LogP contribution in [0.3, 0.4) is 0 Å². The Labute approximate surface area is 113 Å². The molecule has 0 aliphatic rings. The number of nitrogens with two attached hydrogens (primary N) is 1. The number of nitrogen functional groups attached to an aromatic ring is 1. The van der Waals surface area contributed by atoms with E-state index in [2.05, 4.69) is 5.32 Å². The molecule has 0 aliphatic carbocycles. The minimum absolute atomic E-state index is 0.0951. The Bertz CT molecular complexity index is 574. The van der Waals surface area contributed by atoms with Gasteiger partial charge in [-0.25, -0.2) is 0 Å². The van der Waals surface area contributed by atoms with E-state index in [1.54, 1.807) is 0 Å². The average Bonchev–Trinajstić information content (AvgIpc) is 2.45. The molecule has 0 spiro atoms. The molecule has 19 heavy (non-hydrogen) atoms. The predicted molar refractivity (Wildman–Crippen MR) is 81.4 cm³/mol. The third-order valence-electron chi connectivity index (χ3n) is 2.71. The molecule has 0 saturated carbocycles. The maximum atomic E-state index is 7.40. The fraction of sp³-hybridized carbons (Fsp3) is 0.0625. The molecule has 0 aromatic heterocycles. The largest absolute Gasteiger partial charge is 0.384 e. The molecule has 3 heteroatoms. The fourth-order valence-corrected chi connectivity index (χ4v) is 1.74. The zero-order chi connectivity index (χ0) is 13.5. The Morgan fingerprint density at radius 1 is 1.11 bits per heavy atom. The summed E-state index contributed by atoms with van der Waals surface area (Å²) < 4.78 is 0. The van der Waals surface area contributed by atoms with Crippen LogP contribution >= 0.6 is 0 Å². The summed E-state index contributed by atoms with van der Waals surface area (Å²) in [6.45, 7) is 0.758. The van der Waals surface area contributed by atoms with Crippen molar-refractivity contribution < 1.29 is 0 Å². The van der Waals surface area contributed by atoms with Crippen molar-refractivity contribution in [2.24, 2.45) is 5.73 Å². The van der Waals surface area contributed by atoms with Crippen molar-refractivity contribution in [1.82, 2.24) is 0 Å². The molecule has 0 atom stereocenters. The molecule has 0 saturated heterocycles. The first-order valence-corrected chi connectivity index (χ1v) is 6.15. The number of nitrogens with one attached hydrogen (secondary N) is 2. The standard InChI is InChI=1S/C16H17N3/c17-16(18)14-8-4-6-13(12-14)7-5-11-19-15-9-2-1-3-10-15/h1-10,12,19H,11H2,(H3,17,18). The lowest BCUT2D eigenvalue weighted by molar-refractivity contribution is 1.34. The van der Waals surface area contributed by atoms with Crippen LogP contribution in [0.4, 0.5) is 5.69 Å². The Morgan fingerprint density at radius 2 is 1.89 bits per heavy atom. The van der Waals surface area contributed by atoms with Crippen molar-refractivity contribution in [3.63, 3.8) is 0 Å². The van der Waals surface area contributed by atoms with E-state index in [1.807, 2.05) is 66.7 Å². The molecule has 0 heterocycles. The molecule has 3 nitrogen and oxygen atoms in total. The van der Waals surface area contributed by atoms with Gasteiger partial charge in [0.2, 0.25) is 0 Å². The smallest absolute Gasteiger partial charge is 0.122 e. The minimum Gasteiger partial charge on any atom is -0.384 e. The van der Waals surface area contributed by atoms with Gasteiger partial charge in [0.25, 0.3) is 0 Å². The lowest BCUT2D eigenvalue weighted by atomic mass is 10.1. The zero-order valence-corrected chi connectivity index (χ0v) is 10.6. The molecule has 2 aromatic rings. The molecule has 0 fully saturated rings. The van der Waals surface area contributed by atoms with Crippen LogP contribution in [0.25, 0.3) is 6.08 Å². The van der Waals surface area contributed by atoms with Crippen molar-refractivity contribution in [2.45, 2.75) is 0 Å². The van der Waals surface area contributed by atoms with Crippen molar-refractivity contribution in [2.75, 3.05) is 11.9 Å². The van der Waals surface area contributed by atoms with Gasteiger partial charge in [0.15, 0.2) is 0 Å². The maximum absolute atomic E-state index is 7.40. The van der Waals surface area contributed by atoms with Crippen molar-refractivity contribution >= 4 is 17.6 Å². The van der Waals surface area contributed by atoms with Gasteiger partial charge in [-0.15, -0.1) is 0 Å². The van der Waals surface area contributed by atoms with Crippen LogP contribution in [-0.4, -0.2) is 12.4 Å². The monoisotopic (exact) mass is 251 g/mol. The molecule has 2 aromatic carbocycles. The van der Waals surface area contributed by atoms with Crippen molar-refractivity contribution in [3.8, 4) is 0 Å². The summed E-state index contributed by atoms with van der Waals surface area (Å²) in [5.74, 6) is 0.0951. The second-order valence-corrected chi connectivity index (χ2v) is 4.19. The summed E-state index contributed by atoms with van der Waals surface area (Å²) in [7, 11) is 0. The lowest BCUT2D eigenvalue weighted by Gasteiger charge is -2.02. The van der Waals surface area contributed by atoms with Gasteiger partial charge in [-0.3, -0.25) is 5.41 Å². The molecule has 0 radical (unpaired) electrons. The van der Waals surface area contributed by atoms with Gasteiger partial charge in [-0.05, 0) is 23.8 Å². The molecule has 4 N–H and O–H groups in total. The van der Waals surface area contributed by atoms with Crippen LogP contribution in [0.2, 0.25) is 0 Å². The molecule has 0 bridgehead atoms. The Balaban J connectivity index is 1.92. The first-order valence-electron chi connectivity index (χ1n) is 6.15. The van der Waals surface area contributed by atoms with Crippen molar-refractivity contribution in [3.05, 3.63) is 71.8 Å². The fourth-order valence-electron chi connectivity index (χ4n) is 1.74. The number of hydrogen-bond acceptors (Lipinski definition) is 2. The number of benzene rings is 2. The SMILES string of the molecule is N=C(N)c1cccc(C=CCNc2ccccc2)c1. The highest BCUT2D eigenvalue weighted by Gasteiger charge is 1.95. The zero-order valence-electron chi connectivity index (χ0n) is 10.6. The number of para-hydroxylation sites is 1. The van der Waals surface area contributed by atoms with Gasteiger partial charge in [0.1, 0.15) is 5.84 Å². The van der Waals surface area contributed by atoms with E-state index in [-0.39, 0.29) is 5.84 Å². The van der Waals surface area contributed by atoms with Gasteiger partial charge in [0.05, 0.1) is 0 Å². The Morgan fingerprint density at radius 3 is 2.63 bits per heavy atom. The molecular weight excluding hydrogens is 234 g/mol. The van der Waals surface area contributed by atoms with Crippen LogP contribution in [0.5, 0.6) is 0 Å². The summed E-state index contributed by atoms with van der Waals surface area (Å²) in [5, 5.41) is 10.7. The average molecular weight is 251 g/mol. The normalized spacial score (nSPS) is 10.5. The molecule has 0 unspecified atom stereocenters. The van der Waals surface area contributed by atoms with E-state index in [4.69, 9.17) is 11.1 Å². The predicted octanol–water partition coefficient (Wildman–Crippen LogP) is 3.10. The summed E-state index contributed by atoms with van der Waals surface area (Å²) in [6, 6.07) is 17.7. The van der Waals surface area contributed by atoms with Gasteiger partial charge in [-0.2, -0.15) is 0 Å². The van der Waals surface area contributed by atoms with E-state index in [1.165, 1.54) is 0 Å². The van der Waals surface area contributed by atoms with Crippen LogP contribution in [0.15, 0.2) is 60.7 Å². The second kappa shape index (κ2) is 6.40. The summed E-state index contributed by atoms with van der Waals surface area (Å²) in [5.41, 5.74) is 8.35. The van der Waals surface area contributed by atoms with Gasteiger partial charge < -0.3 is 11.1 Å². The quantitative estimate of drug-likeness (QED) is 0.565. The highest BCUT2D eigenvalue weighted by atomic mass is 14.8. The highest BCUT2D eigenvalue weighted by Crippen LogP contribution is 2.07. The van der Waals surface area contributed by atoms with E-state index >= 15 is 0 Å². The van der Waals surface area contributed by atoms with Gasteiger partial charge in [-0.1, -0.05) is 48.6 Å². The molecular formula is C16H17N3. The molecule has 0 aliphatic heterocycles. The minimum atomic E-state index is 0.0951. The van der Waals surface area contributed by atoms with E-state index in [0.29, 0.717) is 0 Å². The van der Waals surface area contributed by atoms with Crippen molar-refractivity contribution in [1.29, 1.82) is 5.41 Å². The summed E-state index contributed by atoms with van der Waals surface area (Å²) >= 11 is 0. The van der Waals surface area contributed by atoms with E-state index in [0.717, 1.165) is 23.4 Å². The molecule has 96 valence electrons.